The van der Waals surface area contributed by atoms with Crippen LogP contribution in [0, 0.1) is 0 Å². The number of furan rings is 1. The van der Waals surface area contributed by atoms with Gasteiger partial charge in [-0.3, -0.25) is 0 Å². The van der Waals surface area contributed by atoms with E-state index < -0.39 is 0 Å². The van der Waals surface area contributed by atoms with Crippen LogP contribution in [0.4, 0.5) is 0 Å². The van der Waals surface area contributed by atoms with Gasteiger partial charge in [0.2, 0.25) is 0 Å². The van der Waals surface area contributed by atoms with Crippen LogP contribution in [0.25, 0.3) is 44.2 Å². The summed E-state index contributed by atoms with van der Waals surface area (Å²) in [5.41, 5.74) is 10.2. The minimum absolute atomic E-state index is 0.0387. The molecule has 0 N–H and O–H groups in total. The summed E-state index contributed by atoms with van der Waals surface area (Å²) >= 11 is 0. The van der Waals surface area contributed by atoms with Crippen molar-refractivity contribution in [3.63, 3.8) is 0 Å². The molecule has 3 aromatic carbocycles. The molecule has 172 valence electrons. The van der Waals surface area contributed by atoms with Gasteiger partial charge in [-0.2, -0.15) is 0 Å². The summed E-state index contributed by atoms with van der Waals surface area (Å²) in [5, 5.41) is 2.40. The molecular formula is C31H32N2O. The Morgan fingerprint density at radius 1 is 0.676 bits per heavy atom. The van der Waals surface area contributed by atoms with E-state index in [1.165, 1.54) is 27.5 Å². The van der Waals surface area contributed by atoms with E-state index in [1.54, 1.807) is 0 Å². The standard InChI is InChI=1S/C31H32N2O/c1-29(2,3)19-14-13-17-23-24-18(15-16-20(30(4,5)6)27(24)34-26(19)23)31(7,8)28-25(17)32-21-11-9-10-12-22(21)33-28/h9-16H,1-8H3. The Morgan fingerprint density at radius 3 is 1.85 bits per heavy atom. The molecular weight excluding hydrogens is 416 g/mol. The van der Waals surface area contributed by atoms with Crippen molar-refractivity contribution in [1.29, 1.82) is 0 Å². The van der Waals surface area contributed by atoms with Gasteiger partial charge in [0.25, 0.3) is 0 Å². The van der Waals surface area contributed by atoms with Gasteiger partial charge < -0.3 is 4.42 Å². The molecule has 3 nitrogen and oxygen atoms in total. The lowest BCUT2D eigenvalue weighted by molar-refractivity contribution is 0.555. The lowest BCUT2D eigenvalue weighted by Gasteiger charge is -2.28. The third kappa shape index (κ3) is 2.76. The van der Waals surface area contributed by atoms with Gasteiger partial charge >= 0.3 is 0 Å². The van der Waals surface area contributed by atoms with Gasteiger partial charge in [-0.05, 0) is 28.5 Å². The van der Waals surface area contributed by atoms with Crippen molar-refractivity contribution in [2.24, 2.45) is 0 Å². The van der Waals surface area contributed by atoms with Gasteiger partial charge in [0.15, 0.2) is 0 Å². The Labute approximate surface area is 201 Å². The van der Waals surface area contributed by atoms with Crippen molar-refractivity contribution >= 4 is 33.0 Å². The minimum atomic E-state index is -0.335. The van der Waals surface area contributed by atoms with Crippen molar-refractivity contribution in [1.82, 2.24) is 9.97 Å². The minimum Gasteiger partial charge on any atom is -0.455 e. The molecule has 0 radical (unpaired) electrons. The first kappa shape index (κ1) is 21.3. The molecule has 0 aliphatic heterocycles. The van der Waals surface area contributed by atoms with E-state index in [4.69, 9.17) is 14.4 Å². The van der Waals surface area contributed by atoms with E-state index in [2.05, 4.69) is 91.8 Å². The highest BCUT2D eigenvalue weighted by atomic mass is 16.3. The zero-order valence-electron chi connectivity index (χ0n) is 21.4. The molecule has 6 rings (SSSR count). The van der Waals surface area contributed by atoms with E-state index in [0.717, 1.165) is 39.2 Å². The zero-order valence-corrected chi connectivity index (χ0v) is 21.4. The van der Waals surface area contributed by atoms with Gasteiger partial charge in [-0.25, -0.2) is 9.97 Å². The van der Waals surface area contributed by atoms with Crippen LogP contribution in [-0.4, -0.2) is 9.97 Å². The summed E-state index contributed by atoms with van der Waals surface area (Å²) in [6, 6.07) is 17.2. The Balaban J connectivity index is 1.90. The smallest absolute Gasteiger partial charge is 0.139 e. The summed E-state index contributed by atoms with van der Waals surface area (Å²) in [7, 11) is 0. The van der Waals surface area contributed by atoms with E-state index in [9.17, 15) is 0 Å². The van der Waals surface area contributed by atoms with Crippen molar-refractivity contribution in [3.05, 3.63) is 70.9 Å². The van der Waals surface area contributed by atoms with Crippen molar-refractivity contribution < 1.29 is 4.42 Å². The van der Waals surface area contributed by atoms with Crippen LogP contribution in [0.2, 0.25) is 0 Å². The summed E-state index contributed by atoms with van der Waals surface area (Å²) < 4.78 is 6.87. The number of rotatable bonds is 0. The lowest BCUT2D eigenvalue weighted by atomic mass is 9.77. The summed E-state index contributed by atoms with van der Waals surface area (Å²) in [4.78, 5) is 10.4. The number of aromatic nitrogens is 2. The third-order valence-electron chi connectivity index (χ3n) is 7.48. The molecule has 2 heterocycles. The molecule has 0 unspecified atom stereocenters. The predicted molar refractivity (Wildman–Crippen MR) is 142 cm³/mol. The third-order valence-corrected chi connectivity index (χ3v) is 7.48. The molecule has 2 aromatic heterocycles. The van der Waals surface area contributed by atoms with Crippen LogP contribution in [0.15, 0.2) is 52.9 Å². The Hall–Kier alpha value is -3.20. The fourth-order valence-electron chi connectivity index (χ4n) is 5.63. The van der Waals surface area contributed by atoms with Crippen LogP contribution in [0.3, 0.4) is 0 Å². The van der Waals surface area contributed by atoms with Crippen LogP contribution < -0.4 is 0 Å². The average molecular weight is 449 g/mol. The molecule has 0 saturated carbocycles. The number of benzene rings is 3. The molecule has 0 atom stereocenters. The molecule has 0 amide bonds. The monoisotopic (exact) mass is 448 g/mol. The molecule has 1 aliphatic rings. The zero-order chi connectivity index (χ0) is 24.2. The Morgan fingerprint density at radius 2 is 1.24 bits per heavy atom. The first-order valence-electron chi connectivity index (χ1n) is 12.2. The van der Waals surface area contributed by atoms with Crippen molar-refractivity contribution in [2.75, 3.05) is 0 Å². The number of hydrogen-bond acceptors (Lipinski definition) is 3. The molecule has 34 heavy (non-hydrogen) atoms. The van der Waals surface area contributed by atoms with Gasteiger partial charge in [0, 0.05) is 32.9 Å². The first-order chi connectivity index (χ1) is 15.9. The maximum atomic E-state index is 6.87. The topological polar surface area (TPSA) is 38.9 Å². The maximum absolute atomic E-state index is 6.87. The molecule has 0 bridgehead atoms. The normalized spacial score (nSPS) is 15.3. The van der Waals surface area contributed by atoms with Gasteiger partial charge in [0.1, 0.15) is 11.2 Å². The molecule has 1 aliphatic carbocycles. The molecule has 3 heteroatoms. The van der Waals surface area contributed by atoms with Crippen LogP contribution in [0.5, 0.6) is 0 Å². The molecule has 0 saturated heterocycles. The molecule has 0 fully saturated rings. The first-order valence-corrected chi connectivity index (χ1v) is 12.2. The number of nitrogens with zero attached hydrogens (tertiary/aromatic N) is 2. The fraction of sp³-hybridized carbons (Fsp3) is 0.355. The van der Waals surface area contributed by atoms with Gasteiger partial charge in [0.05, 0.1) is 22.4 Å². The highest BCUT2D eigenvalue weighted by molar-refractivity contribution is 6.17. The van der Waals surface area contributed by atoms with Crippen LogP contribution in [-0.2, 0) is 16.2 Å². The highest BCUT2D eigenvalue weighted by Gasteiger charge is 2.38. The average Bonchev–Trinajstić information content (AvgIpc) is 3.12. The Bertz CT molecular complexity index is 1640. The fourth-order valence-corrected chi connectivity index (χ4v) is 5.63. The summed E-state index contributed by atoms with van der Waals surface area (Å²) in [6.07, 6.45) is 0. The lowest BCUT2D eigenvalue weighted by Crippen LogP contribution is -2.22. The van der Waals surface area contributed by atoms with E-state index in [-0.39, 0.29) is 16.2 Å². The second-order valence-corrected chi connectivity index (χ2v) is 12.4. The molecule has 0 spiro atoms. The maximum Gasteiger partial charge on any atom is 0.139 e. The van der Waals surface area contributed by atoms with Gasteiger partial charge in [-0.15, -0.1) is 0 Å². The highest BCUT2D eigenvalue weighted by Crippen LogP contribution is 2.52. The largest absolute Gasteiger partial charge is 0.455 e. The summed E-state index contributed by atoms with van der Waals surface area (Å²) in [5.74, 6) is 0. The van der Waals surface area contributed by atoms with Crippen molar-refractivity contribution in [2.45, 2.75) is 71.6 Å². The summed E-state index contributed by atoms with van der Waals surface area (Å²) in [6.45, 7) is 18.1. The number of fused-ring (bicyclic) bond motifs is 3. The quantitative estimate of drug-likeness (QED) is 0.239. The van der Waals surface area contributed by atoms with Gasteiger partial charge in [-0.1, -0.05) is 91.8 Å². The van der Waals surface area contributed by atoms with E-state index in [1.807, 2.05) is 12.1 Å². The van der Waals surface area contributed by atoms with Crippen molar-refractivity contribution in [3.8, 4) is 11.3 Å². The number of hydrogen-bond donors (Lipinski definition) is 0. The SMILES string of the molecule is CC(C)(C)c1ccc2c3c1oc1c(C(C)(C)C)ccc(c13)C(C)(C)c1nc3ccccc3nc1-2. The second kappa shape index (κ2) is 6.47. The van der Waals surface area contributed by atoms with Crippen LogP contribution >= 0.6 is 0 Å². The van der Waals surface area contributed by atoms with E-state index >= 15 is 0 Å². The Kier molecular flexibility index (Phi) is 4.06. The second-order valence-electron chi connectivity index (χ2n) is 12.4. The number of para-hydroxylation sites is 2. The van der Waals surface area contributed by atoms with E-state index in [0.29, 0.717) is 0 Å². The van der Waals surface area contributed by atoms with Crippen LogP contribution in [0.1, 0.15) is 77.8 Å². The predicted octanol–water partition coefficient (Wildman–Crippen LogP) is 8.43. The molecule has 5 aromatic rings.